The number of fused-ring (bicyclic) bond motifs is 1. The fraction of sp³-hybridized carbons (Fsp3) is 0.133. The molecule has 0 saturated heterocycles. The summed E-state index contributed by atoms with van der Waals surface area (Å²) in [6.07, 6.45) is 0. The van der Waals surface area contributed by atoms with Crippen LogP contribution < -0.4 is 4.18 Å². The summed E-state index contributed by atoms with van der Waals surface area (Å²) in [5.74, 6) is -0.371. The number of aryl methyl sites for hydroxylation is 1. The zero-order valence-corrected chi connectivity index (χ0v) is 16.3. The third kappa shape index (κ3) is 3.60. The molecule has 3 rings (SSSR count). The van der Waals surface area contributed by atoms with Crippen LogP contribution in [-0.2, 0) is 10.1 Å². The van der Waals surface area contributed by atoms with Gasteiger partial charge < -0.3 is 4.18 Å². The zero-order chi connectivity index (χ0) is 18.4. The molecule has 0 aliphatic rings. The number of thiazole rings is 1. The first-order chi connectivity index (χ1) is 11.6. The first kappa shape index (κ1) is 18.4. The van der Waals surface area contributed by atoms with Crippen LogP contribution in [0, 0.1) is 10.5 Å². The molecule has 0 atom stereocenters. The fourth-order valence-electron chi connectivity index (χ4n) is 1.99. The molecule has 0 fully saturated rings. The maximum absolute atomic E-state index is 12.5. The summed E-state index contributed by atoms with van der Waals surface area (Å²) >= 11 is 3.01. The van der Waals surface area contributed by atoms with Crippen LogP contribution in [-0.4, -0.2) is 18.9 Å². The van der Waals surface area contributed by atoms with Crippen molar-refractivity contribution in [2.24, 2.45) is 0 Å². The van der Waals surface area contributed by atoms with Crippen LogP contribution >= 0.6 is 33.9 Å². The van der Waals surface area contributed by atoms with Crippen LogP contribution in [0.15, 0.2) is 36.4 Å². The number of alkyl halides is 3. The zero-order valence-electron chi connectivity index (χ0n) is 12.5. The number of benzene rings is 2. The average Bonchev–Trinajstić information content (AvgIpc) is 2.94. The second-order valence-corrected chi connectivity index (χ2v) is 8.71. The molecule has 10 heteroatoms. The molecule has 4 nitrogen and oxygen atoms in total. The van der Waals surface area contributed by atoms with Gasteiger partial charge in [-0.05, 0) is 41.6 Å². The van der Waals surface area contributed by atoms with Crippen LogP contribution in [0.25, 0.3) is 20.8 Å². The highest BCUT2D eigenvalue weighted by Crippen LogP contribution is 2.38. The van der Waals surface area contributed by atoms with Gasteiger partial charge in [0, 0.05) is 5.56 Å². The van der Waals surface area contributed by atoms with Gasteiger partial charge in [-0.3, -0.25) is 0 Å². The van der Waals surface area contributed by atoms with E-state index in [0.29, 0.717) is 15.2 Å². The number of rotatable bonds is 3. The van der Waals surface area contributed by atoms with E-state index in [1.54, 1.807) is 22.6 Å². The van der Waals surface area contributed by atoms with E-state index >= 15 is 0 Å². The van der Waals surface area contributed by atoms with Crippen molar-refractivity contribution in [3.05, 3.63) is 45.5 Å². The predicted molar refractivity (Wildman–Crippen MR) is 98.1 cm³/mol. The Morgan fingerprint density at radius 3 is 2.36 bits per heavy atom. The first-order valence-electron chi connectivity index (χ1n) is 6.75. The van der Waals surface area contributed by atoms with Gasteiger partial charge in [0.25, 0.3) is 0 Å². The molecule has 1 aromatic heterocycles. The van der Waals surface area contributed by atoms with Crippen molar-refractivity contribution in [1.29, 1.82) is 0 Å². The molecule has 0 radical (unpaired) electrons. The van der Waals surface area contributed by atoms with Crippen molar-refractivity contribution in [3.63, 3.8) is 0 Å². The van der Waals surface area contributed by atoms with Crippen LogP contribution in [0.5, 0.6) is 5.75 Å². The standard InChI is InChI=1S/C15H9F3INO3S2/c1-8-2-4-9(5-3-8)14-20-10-6-7-11(12(19)13(10)24-14)23-25(21,22)15(16,17)18/h2-7H,1H3. The fourth-order valence-corrected chi connectivity index (χ4v) is 4.51. The smallest absolute Gasteiger partial charge is 0.375 e. The van der Waals surface area contributed by atoms with Gasteiger partial charge in [-0.2, -0.15) is 21.6 Å². The van der Waals surface area contributed by atoms with Crippen LogP contribution in [0.2, 0.25) is 0 Å². The number of nitrogens with zero attached hydrogens (tertiary/aromatic N) is 1. The third-order valence-electron chi connectivity index (χ3n) is 3.24. The summed E-state index contributed by atoms with van der Waals surface area (Å²) in [7, 11) is -5.71. The van der Waals surface area contributed by atoms with Crippen molar-refractivity contribution >= 4 is 54.3 Å². The van der Waals surface area contributed by atoms with E-state index in [9.17, 15) is 21.6 Å². The molecule has 1 heterocycles. The summed E-state index contributed by atoms with van der Waals surface area (Å²) in [6.45, 7) is 1.95. The Bertz CT molecular complexity index is 1040. The van der Waals surface area contributed by atoms with Gasteiger partial charge >= 0.3 is 15.6 Å². The Labute approximate surface area is 158 Å². The minimum absolute atomic E-state index is 0.263. The number of hydrogen-bond acceptors (Lipinski definition) is 5. The number of hydrogen-bond donors (Lipinski definition) is 0. The summed E-state index contributed by atoms with van der Waals surface area (Å²) in [6, 6.07) is 10.3. The van der Waals surface area contributed by atoms with Crippen molar-refractivity contribution in [2.45, 2.75) is 12.4 Å². The molecule has 0 bridgehead atoms. The van der Waals surface area contributed by atoms with Crippen molar-refractivity contribution in [2.75, 3.05) is 0 Å². The topological polar surface area (TPSA) is 56.3 Å². The summed E-state index contributed by atoms with van der Waals surface area (Å²) in [5, 5.41) is 0.684. The van der Waals surface area contributed by atoms with Gasteiger partial charge in [0.05, 0.1) is 13.8 Å². The van der Waals surface area contributed by atoms with Gasteiger partial charge in [-0.25, -0.2) is 4.98 Å². The minimum Gasteiger partial charge on any atom is -0.375 e. The van der Waals surface area contributed by atoms with Crippen LogP contribution in [0.4, 0.5) is 13.2 Å². The lowest BCUT2D eigenvalue weighted by molar-refractivity contribution is -0.0500. The molecule has 0 aliphatic heterocycles. The van der Waals surface area contributed by atoms with Crippen LogP contribution in [0.1, 0.15) is 5.56 Å². The Morgan fingerprint density at radius 2 is 1.76 bits per heavy atom. The van der Waals surface area contributed by atoms with Gasteiger partial charge in [-0.1, -0.05) is 29.8 Å². The summed E-state index contributed by atoms with van der Waals surface area (Å²) in [5.41, 5.74) is -2.96. The molecule has 132 valence electrons. The molecule has 0 amide bonds. The molecule has 0 N–H and O–H groups in total. The maximum atomic E-state index is 12.5. The van der Waals surface area contributed by atoms with Gasteiger partial charge in [0.15, 0.2) is 5.75 Å². The maximum Gasteiger partial charge on any atom is 0.534 e. The molecule has 25 heavy (non-hydrogen) atoms. The number of halogens is 4. The Balaban J connectivity index is 2.05. The Kier molecular flexibility index (Phi) is 4.71. The molecule has 0 saturated carbocycles. The third-order valence-corrected chi connectivity index (χ3v) is 6.78. The van der Waals surface area contributed by atoms with E-state index in [1.165, 1.54) is 23.5 Å². The van der Waals surface area contributed by atoms with E-state index in [2.05, 4.69) is 9.17 Å². The lowest BCUT2D eigenvalue weighted by Gasteiger charge is -2.10. The second kappa shape index (κ2) is 6.40. The van der Waals surface area contributed by atoms with Crippen molar-refractivity contribution in [3.8, 4) is 16.3 Å². The highest BCUT2D eigenvalue weighted by molar-refractivity contribution is 14.1. The lowest BCUT2D eigenvalue weighted by Crippen LogP contribution is -2.28. The highest BCUT2D eigenvalue weighted by Gasteiger charge is 2.48. The minimum atomic E-state index is -5.71. The molecule has 0 unspecified atom stereocenters. The van der Waals surface area contributed by atoms with Gasteiger partial charge in [0.1, 0.15) is 5.01 Å². The van der Waals surface area contributed by atoms with E-state index < -0.39 is 15.6 Å². The van der Waals surface area contributed by atoms with E-state index in [0.717, 1.165) is 11.1 Å². The summed E-state index contributed by atoms with van der Waals surface area (Å²) in [4.78, 5) is 4.45. The van der Waals surface area contributed by atoms with Gasteiger partial charge in [0.2, 0.25) is 0 Å². The second-order valence-electron chi connectivity index (χ2n) is 5.09. The quantitative estimate of drug-likeness (QED) is 0.286. The molecule has 0 aliphatic carbocycles. The lowest BCUT2D eigenvalue weighted by atomic mass is 10.2. The van der Waals surface area contributed by atoms with Gasteiger partial charge in [-0.15, -0.1) is 11.3 Å². The van der Waals surface area contributed by atoms with E-state index in [-0.39, 0.29) is 9.32 Å². The Morgan fingerprint density at radius 1 is 1.12 bits per heavy atom. The highest BCUT2D eigenvalue weighted by atomic mass is 127. The van der Waals surface area contributed by atoms with Crippen molar-refractivity contribution in [1.82, 2.24) is 4.98 Å². The molecular formula is C15H9F3INO3S2. The normalized spacial score (nSPS) is 12.5. The number of aromatic nitrogens is 1. The predicted octanol–water partition coefficient (Wildman–Crippen LogP) is 5.10. The summed E-state index contributed by atoms with van der Waals surface area (Å²) < 4.78 is 65.0. The average molecular weight is 499 g/mol. The van der Waals surface area contributed by atoms with Crippen molar-refractivity contribution < 1.29 is 25.8 Å². The van der Waals surface area contributed by atoms with E-state index in [4.69, 9.17) is 0 Å². The molecule has 0 spiro atoms. The molecular weight excluding hydrogens is 490 g/mol. The van der Waals surface area contributed by atoms with E-state index in [1.807, 2.05) is 31.2 Å². The van der Waals surface area contributed by atoms with Crippen LogP contribution in [0.3, 0.4) is 0 Å². The largest absolute Gasteiger partial charge is 0.534 e. The first-order valence-corrected chi connectivity index (χ1v) is 10.1. The SMILES string of the molecule is Cc1ccc(-c2nc3ccc(OS(=O)(=O)C(F)(F)F)c(I)c3s2)cc1. The Hall–Kier alpha value is -1.40. The molecule has 2 aromatic carbocycles. The molecule has 3 aromatic rings. The monoisotopic (exact) mass is 499 g/mol.